The minimum Gasteiger partial charge on any atom is -0.354 e. The minimum absolute atomic E-state index is 0.0999. The Kier molecular flexibility index (Phi) is 4.95. The summed E-state index contributed by atoms with van der Waals surface area (Å²) in [6.07, 6.45) is 4.02. The van der Waals surface area contributed by atoms with E-state index in [4.69, 9.17) is 0 Å². The average molecular weight is 371 g/mol. The number of carbonyl (C=O) groups excluding carboxylic acids is 1. The second-order valence-electron chi connectivity index (χ2n) is 8.04. The minimum atomic E-state index is -0.256. The van der Waals surface area contributed by atoms with Gasteiger partial charge in [0.2, 0.25) is 5.91 Å². The van der Waals surface area contributed by atoms with Gasteiger partial charge in [0.05, 0.1) is 18.7 Å². The zero-order valence-corrected chi connectivity index (χ0v) is 15.8. The molecule has 7 heteroatoms. The lowest BCUT2D eigenvalue weighted by atomic mass is 9.75. The van der Waals surface area contributed by atoms with Crippen molar-refractivity contribution < 1.29 is 9.18 Å². The van der Waals surface area contributed by atoms with Crippen LogP contribution in [0, 0.1) is 17.7 Å². The number of hydrogen-bond acceptors (Lipinski definition) is 4. The normalized spacial score (nSPS) is 27.1. The van der Waals surface area contributed by atoms with Crippen LogP contribution in [0.1, 0.15) is 26.7 Å². The molecule has 0 saturated carbocycles. The lowest BCUT2D eigenvalue weighted by Gasteiger charge is -2.49. The molecule has 2 aromatic rings. The molecule has 3 aliphatic heterocycles. The summed E-state index contributed by atoms with van der Waals surface area (Å²) in [5.41, 5.74) is 1.61. The van der Waals surface area contributed by atoms with Gasteiger partial charge < -0.3 is 5.32 Å². The van der Waals surface area contributed by atoms with Gasteiger partial charge in [0.25, 0.3) is 0 Å². The fourth-order valence-corrected chi connectivity index (χ4v) is 4.37. The van der Waals surface area contributed by atoms with E-state index < -0.39 is 0 Å². The topological polar surface area (TPSA) is 63.1 Å². The van der Waals surface area contributed by atoms with Crippen molar-refractivity contribution in [1.29, 1.82) is 0 Å². The molecule has 5 rings (SSSR count). The van der Waals surface area contributed by atoms with E-state index in [1.165, 1.54) is 12.1 Å². The average Bonchev–Trinajstić information content (AvgIpc) is 3.10. The maximum absolute atomic E-state index is 13.1. The molecule has 1 amide bonds. The van der Waals surface area contributed by atoms with Gasteiger partial charge in [-0.1, -0.05) is 5.21 Å². The van der Waals surface area contributed by atoms with E-state index in [0.717, 1.165) is 43.7 Å². The van der Waals surface area contributed by atoms with E-state index in [-0.39, 0.29) is 23.7 Å². The number of halogens is 1. The van der Waals surface area contributed by atoms with E-state index in [1.54, 1.807) is 12.1 Å². The predicted molar refractivity (Wildman–Crippen MR) is 100 cm³/mol. The summed E-state index contributed by atoms with van der Waals surface area (Å²) in [7, 11) is 0. The van der Waals surface area contributed by atoms with Crippen molar-refractivity contribution in [3.05, 3.63) is 36.3 Å². The van der Waals surface area contributed by atoms with Crippen LogP contribution in [0.3, 0.4) is 0 Å². The maximum Gasteiger partial charge on any atom is 0.224 e. The van der Waals surface area contributed by atoms with Gasteiger partial charge in [-0.2, -0.15) is 0 Å². The van der Waals surface area contributed by atoms with Crippen LogP contribution in [-0.4, -0.2) is 51.0 Å². The van der Waals surface area contributed by atoms with Crippen molar-refractivity contribution in [3.63, 3.8) is 0 Å². The number of nitrogens with one attached hydrogen (secondary N) is 1. The highest BCUT2D eigenvalue weighted by molar-refractivity contribution is 5.79. The molecule has 3 fully saturated rings. The van der Waals surface area contributed by atoms with Gasteiger partial charge in [-0.05, 0) is 63.4 Å². The number of rotatable bonds is 5. The maximum atomic E-state index is 13.1. The first-order valence-electron chi connectivity index (χ1n) is 9.70. The van der Waals surface area contributed by atoms with E-state index in [9.17, 15) is 9.18 Å². The van der Waals surface area contributed by atoms with Crippen LogP contribution in [0.15, 0.2) is 30.5 Å². The fraction of sp³-hybridized carbons (Fsp3) is 0.550. The monoisotopic (exact) mass is 371 g/mol. The molecule has 4 heterocycles. The molecule has 1 N–H and O–H groups in total. The third-order valence-corrected chi connectivity index (χ3v) is 5.72. The molecule has 144 valence electrons. The van der Waals surface area contributed by atoms with Crippen LogP contribution >= 0.6 is 0 Å². The first-order valence-corrected chi connectivity index (χ1v) is 9.70. The van der Waals surface area contributed by atoms with Gasteiger partial charge in [0, 0.05) is 24.2 Å². The van der Waals surface area contributed by atoms with Gasteiger partial charge in [-0.15, -0.1) is 5.10 Å². The SMILES string of the molecule is CC(C)NC(=O)C1CN2CCC1CC2Cn1cc(-c2ccc(F)cc2)nn1. The largest absolute Gasteiger partial charge is 0.354 e. The number of hydrogen-bond donors (Lipinski definition) is 1. The Morgan fingerprint density at radius 2 is 2.11 bits per heavy atom. The number of fused-ring (bicyclic) bond motifs is 3. The Balaban J connectivity index is 1.40. The van der Waals surface area contributed by atoms with Crippen molar-refractivity contribution in [3.8, 4) is 11.3 Å². The lowest BCUT2D eigenvalue weighted by molar-refractivity contribution is -0.133. The Labute approximate surface area is 158 Å². The number of nitrogens with zero attached hydrogens (tertiary/aromatic N) is 4. The Hall–Kier alpha value is -2.28. The van der Waals surface area contributed by atoms with Crippen molar-refractivity contribution >= 4 is 5.91 Å². The highest BCUT2D eigenvalue weighted by Gasteiger charge is 2.43. The molecule has 2 bridgehead atoms. The van der Waals surface area contributed by atoms with Crippen molar-refractivity contribution in [2.45, 2.75) is 45.3 Å². The number of piperidine rings is 3. The number of carbonyl (C=O) groups is 1. The molecule has 1 aromatic heterocycles. The summed E-state index contributed by atoms with van der Waals surface area (Å²) in [5.74, 6) is 0.479. The summed E-state index contributed by atoms with van der Waals surface area (Å²) in [5, 5.41) is 11.5. The van der Waals surface area contributed by atoms with Crippen LogP contribution in [0.4, 0.5) is 4.39 Å². The second kappa shape index (κ2) is 7.38. The van der Waals surface area contributed by atoms with Crippen molar-refractivity contribution in [2.75, 3.05) is 13.1 Å². The fourth-order valence-electron chi connectivity index (χ4n) is 4.37. The molecular weight excluding hydrogens is 345 g/mol. The number of benzene rings is 1. The summed E-state index contributed by atoms with van der Waals surface area (Å²) in [6.45, 7) is 6.65. The Morgan fingerprint density at radius 3 is 2.78 bits per heavy atom. The van der Waals surface area contributed by atoms with Crippen LogP contribution < -0.4 is 5.32 Å². The van der Waals surface area contributed by atoms with Gasteiger partial charge >= 0.3 is 0 Å². The third-order valence-electron chi connectivity index (χ3n) is 5.72. The van der Waals surface area contributed by atoms with E-state index in [0.29, 0.717) is 12.0 Å². The molecule has 4 unspecified atom stereocenters. The molecule has 0 aliphatic carbocycles. The van der Waals surface area contributed by atoms with Crippen LogP contribution in [-0.2, 0) is 11.3 Å². The van der Waals surface area contributed by atoms with Gasteiger partial charge in [0.15, 0.2) is 0 Å². The first kappa shape index (κ1) is 18.1. The molecular formula is C20H26FN5O. The van der Waals surface area contributed by atoms with Gasteiger partial charge in [0.1, 0.15) is 11.5 Å². The summed E-state index contributed by atoms with van der Waals surface area (Å²) in [4.78, 5) is 14.9. The molecule has 0 radical (unpaired) electrons. The molecule has 27 heavy (non-hydrogen) atoms. The molecule has 3 aliphatic rings. The molecule has 0 spiro atoms. The molecule has 6 nitrogen and oxygen atoms in total. The van der Waals surface area contributed by atoms with Crippen LogP contribution in [0.25, 0.3) is 11.3 Å². The summed E-state index contributed by atoms with van der Waals surface area (Å²) < 4.78 is 15.0. The lowest BCUT2D eigenvalue weighted by Crippen LogP contribution is -2.58. The number of amides is 1. The Morgan fingerprint density at radius 1 is 1.33 bits per heavy atom. The molecule has 3 saturated heterocycles. The van der Waals surface area contributed by atoms with E-state index >= 15 is 0 Å². The third kappa shape index (κ3) is 3.88. The van der Waals surface area contributed by atoms with Crippen LogP contribution in [0.2, 0.25) is 0 Å². The van der Waals surface area contributed by atoms with Crippen molar-refractivity contribution in [1.82, 2.24) is 25.2 Å². The highest BCUT2D eigenvalue weighted by atomic mass is 19.1. The smallest absolute Gasteiger partial charge is 0.224 e. The quantitative estimate of drug-likeness (QED) is 0.876. The van der Waals surface area contributed by atoms with E-state index in [2.05, 4.69) is 20.5 Å². The molecule has 4 atom stereocenters. The summed E-state index contributed by atoms with van der Waals surface area (Å²) >= 11 is 0. The zero-order chi connectivity index (χ0) is 19.0. The van der Waals surface area contributed by atoms with Gasteiger partial charge in [-0.25, -0.2) is 4.39 Å². The van der Waals surface area contributed by atoms with E-state index in [1.807, 2.05) is 24.7 Å². The Bertz CT molecular complexity index is 803. The summed E-state index contributed by atoms with van der Waals surface area (Å²) in [6, 6.07) is 6.87. The molecule has 1 aromatic carbocycles. The van der Waals surface area contributed by atoms with Crippen molar-refractivity contribution in [2.24, 2.45) is 11.8 Å². The second-order valence-corrected chi connectivity index (χ2v) is 8.04. The standard InChI is InChI=1S/C20H26FN5O/c1-13(2)22-20(27)18-11-25-8-7-15(18)9-17(25)10-26-12-19(23-24-26)14-3-5-16(21)6-4-14/h3-6,12-13,15,17-18H,7-11H2,1-2H3,(H,22,27). The predicted octanol–water partition coefficient (Wildman–Crippen LogP) is 2.32. The first-order chi connectivity index (χ1) is 13.0. The highest BCUT2D eigenvalue weighted by Crippen LogP contribution is 2.37. The zero-order valence-electron chi connectivity index (χ0n) is 15.8. The van der Waals surface area contributed by atoms with Crippen LogP contribution in [0.5, 0.6) is 0 Å². The van der Waals surface area contributed by atoms with Gasteiger partial charge in [-0.3, -0.25) is 14.4 Å². The number of aromatic nitrogens is 3.